The lowest BCUT2D eigenvalue weighted by molar-refractivity contribution is -0.132. The van der Waals surface area contributed by atoms with Gasteiger partial charge in [-0.05, 0) is 34.9 Å². The summed E-state index contributed by atoms with van der Waals surface area (Å²) < 4.78 is 14.1. The Morgan fingerprint density at radius 3 is 2.29 bits per heavy atom. The number of aliphatic hydroxyl groups is 1. The van der Waals surface area contributed by atoms with Gasteiger partial charge >= 0.3 is 0 Å². The van der Waals surface area contributed by atoms with Gasteiger partial charge in [0, 0.05) is 44.7 Å². The van der Waals surface area contributed by atoms with Crippen LogP contribution in [0.15, 0.2) is 78.9 Å². The minimum Gasteiger partial charge on any atom is -0.391 e. The highest BCUT2D eigenvalue weighted by Crippen LogP contribution is 2.27. The first-order valence-corrected chi connectivity index (χ1v) is 10.7. The molecule has 1 heterocycles. The van der Waals surface area contributed by atoms with Gasteiger partial charge in [-0.15, -0.1) is 0 Å². The number of anilines is 1. The topological polar surface area (TPSA) is 43.8 Å². The molecule has 31 heavy (non-hydrogen) atoms. The van der Waals surface area contributed by atoms with Crippen molar-refractivity contribution in [1.29, 1.82) is 0 Å². The summed E-state index contributed by atoms with van der Waals surface area (Å²) >= 11 is 0. The van der Waals surface area contributed by atoms with E-state index in [0.717, 1.165) is 22.4 Å². The number of amides is 1. The zero-order chi connectivity index (χ0) is 21.6. The lowest BCUT2D eigenvalue weighted by Gasteiger charge is -2.34. The van der Waals surface area contributed by atoms with Gasteiger partial charge in [-0.2, -0.15) is 0 Å². The molecule has 1 N–H and O–H groups in total. The summed E-state index contributed by atoms with van der Waals surface area (Å²) in [6, 6.07) is 24.4. The van der Waals surface area contributed by atoms with Crippen LogP contribution in [-0.2, 0) is 24.3 Å². The summed E-state index contributed by atoms with van der Waals surface area (Å²) in [4.78, 5) is 16.7. The van der Waals surface area contributed by atoms with E-state index in [9.17, 15) is 14.3 Å². The molecule has 1 atom stereocenters. The summed E-state index contributed by atoms with van der Waals surface area (Å²) in [6.45, 7) is 1.70. The van der Waals surface area contributed by atoms with E-state index >= 15 is 0 Å². The van der Waals surface area contributed by atoms with E-state index in [1.54, 1.807) is 11.0 Å². The van der Waals surface area contributed by atoms with Gasteiger partial charge in [0.1, 0.15) is 5.82 Å². The molecule has 0 fully saturated rings. The molecule has 3 aromatic rings. The average molecular weight is 419 g/mol. The van der Waals surface area contributed by atoms with Gasteiger partial charge in [0.15, 0.2) is 0 Å². The van der Waals surface area contributed by atoms with Crippen LogP contribution in [-0.4, -0.2) is 35.1 Å². The SMILES string of the molecule is O=C1CCN(CC(O)Cc2ccccc2)c2ccc(F)cc2CN1Cc1ccccc1. The lowest BCUT2D eigenvalue weighted by Crippen LogP contribution is -2.41. The predicted octanol–water partition coefficient (Wildman–Crippen LogP) is 4.17. The van der Waals surface area contributed by atoms with Crippen LogP contribution in [0.5, 0.6) is 0 Å². The number of halogens is 1. The third kappa shape index (κ3) is 5.50. The van der Waals surface area contributed by atoms with Gasteiger partial charge in [-0.3, -0.25) is 4.79 Å². The highest BCUT2D eigenvalue weighted by molar-refractivity contribution is 5.78. The fraction of sp³-hybridized carbons (Fsp3) is 0.269. The van der Waals surface area contributed by atoms with E-state index in [1.807, 2.05) is 65.6 Å². The molecule has 1 unspecified atom stereocenters. The predicted molar refractivity (Wildman–Crippen MR) is 120 cm³/mol. The van der Waals surface area contributed by atoms with Gasteiger partial charge in [0.2, 0.25) is 5.91 Å². The zero-order valence-corrected chi connectivity index (χ0v) is 17.5. The van der Waals surface area contributed by atoms with E-state index in [0.29, 0.717) is 39.0 Å². The maximum absolute atomic E-state index is 14.1. The van der Waals surface area contributed by atoms with Crippen molar-refractivity contribution < 1.29 is 14.3 Å². The van der Waals surface area contributed by atoms with E-state index in [2.05, 4.69) is 0 Å². The maximum Gasteiger partial charge on any atom is 0.224 e. The normalized spacial score (nSPS) is 15.2. The second-order valence-electron chi connectivity index (χ2n) is 8.05. The molecule has 1 aliphatic rings. The maximum atomic E-state index is 14.1. The Morgan fingerprint density at radius 1 is 0.903 bits per heavy atom. The Balaban J connectivity index is 1.54. The van der Waals surface area contributed by atoms with Crippen LogP contribution in [0.2, 0.25) is 0 Å². The van der Waals surface area contributed by atoms with Crippen molar-refractivity contribution in [2.75, 3.05) is 18.0 Å². The molecule has 4 nitrogen and oxygen atoms in total. The molecule has 160 valence electrons. The standard InChI is InChI=1S/C26H27FN2O2/c27-23-11-12-25-22(16-23)18-29(17-21-9-5-2-6-10-21)26(31)13-14-28(25)19-24(30)15-20-7-3-1-4-8-20/h1-12,16,24,30H,13-15,17-19H2. The number of nitrogens with zero attached hydrogens (tertiary/aromatic N) is 2. The molecule has 0 aromatic heterocycles. The van der Waals surface area contributed by atoms with Crippen molar-refractivity contribution in [3.05, 3.63) is 101 Å². The molecule has 1 amide bonds. The Hall–Kier alpha value is -3.18. The summed E-state index contributed by atoms with van der Waals surface area (Å²) in [5.41, 5.74) is 3.74. The van der Waals surface area contributed by atoms with Crippen LogP contribution in [0.3, 0.4) is 0 Å². The van der Waals surface area contributed by atoms with Crippen molar-refractivity contribution in [1.82, 2.24) is 4.90 Å². The Bertz CT molecular complexity index is 1010. The molecule has 5 heteroatoms. The molecule has 0 bridgehead atoms. The molecule has 1 aliphatic heterocycles. The summed E-state index contributed by atoms with van der Waals surface area (Å²) in [5.74, 6) is -0.294. The first kappa shape index (κ1) is 21.1. The van der Waals surface area contributed by atoms with Gasteiger partial charge in [0.25, 0.3) is 0 Å². The van der Waals surface area contributed by atoms with E-state index in [4.69, 9.17) is 0 Å². The Morgan fingerprint density at radius 2 is 1.58 bits per heavy atom. The number of carbonyl (C=O) groups is 1. The van der Waals surface area contributed by atoms with Gasteiger partial charge in [-0.25, -0.2) is 4.39 Å². The van der Waals surface area contributed by atoms with Crippen molar-refractivity contribution in [3.63, 3.8) is 0 Å². The van der Waals surface area contributed by atoms with Crippen LogP contribution >= 0.6 is 0 Å². The van der Waals surface area contributed by atoms with E-state index < -0.39 is 6.10 Å². The number of rotatable bonds is 6. The molecule has 4 rings (SSSR count). The van der Waals surface area contributed by atoms with E-state index in [1.165, 1.54) is 12.1 Å². The van der Waals surface area contributed by atoms with Crippen LogP contribution in [0.4, 0.5) is 10.1 Å². The lowest BCUT2D eigenvalue weighted by atomic mass is 10.0. The molecule has 0 aliphatic carbocycles. The molecule has 0 saturated heterocycles. The van der Waals surface area contributed by atoms with Gasteiger partial charge < -0.3 is 14.9 Å². The largest absolute Gasteiger partial charge is 0.391 e. The monoisotopic (exact) mass is 418 g/mol. The third-order valence-corrected chi connectivity index (χ3v) is 5.65. The highest BCUT2D eigenvalue weighted by Gasteiger charge is 2.24. The Kier molecular flexibility index (Phi) is 6.63. The number of hydrogen-bond donors (Lipinski definition) is 1. The summed E-state index contributed by atoms with van der Waals surface area (Å²) in [5, 5.41) is 10.7. The van der Waals surface area contributed by atoms with Gasteiger partial charge in [-0.1, -0.05) is 60.7 Å². The average Bonchev–Trinajstić information content (AvgIpc) is 2.77. The molecule has 0 radical (unpaired) electrons. The third-order valence-electron chi connectivity index (χ3n) is 5.65. The first-order chi connectivity index (χ1) is 15.1. The minimum atomic E-state index is -0.588. The number of aliphatic hydroxyl groups excluding tert-OH is 1. The number of carbonyl (C=O) groups excluding carboxylic acids is 1. The summed E-state index contributed by atoms with van der Waals surface area (Å²) in [6.07, 6.45) is 0.291. The smallest absolute Gasteiger partial charge is 0.224 e. The second kappa shape index (κ2) is 9.75. The van der Waals surface area contributed by atoms with Gasteiger partial charge in [0.05, 0.1) is 6.10 Å². The zero-order valence-electron chi connectivity index (χ0n) is 17.5. The quantitative estimate of drug-likeness (QED) is 0.654. The van der Waals surface area contributed by atoms with Crippen LogP contribution in [0, 0.1) is 5.82 Å². The van der Waals surface area contributed by atoms with Crippen LogP contribution in [0.25, 0.3) is 0 Å². The molecular weight excluding hydrogens is 391 g/mol. The van der Waals surface area contributed by atoms with E-state index in [-0.39, 0.29) is 11.7 Å². The number of fused-ring (bicyclic) bond motifs is 1. The first-order valence-electron chi connectivity index (χ1n) is 10.7. The fourth-order valence-electron chi connectivity index (χ4n) is 4.13. The number of β-amino-alcohol motifs (C(OH)–C–C–N with tert-alkyl or cyclic N) is 1. The van der Waals surface area contributed by atoms with Crippen molar-refractivity contribution in [2.24, 2.45) is 0 Å². The fourth-order valence-corrected chi connectivity index (χ4v) is 4.13. The molecule has 3 aromatic carbocycles. The molecule has 0 saturated carbocycles. The van der Waals surface area contributed by atoms with Crippen LogP contribution in [0.1, 0.15) is 23.1 Å². The molecule has 0 spiro atoms. The van der Waals surface area contributed by atoms with Crippen molar-refractivity contribution in [2.45, 2.75) is 32.0 Å². The Labute approximate surface area is 182 Å². The minimum absolute atomic E-state index is 0.0290. The van der Waals surface area contributed by atoms with Crippen molar-refractivity contribution >= 4 is 11.6 Å². The molecular formula is C26H27FN2O2. The second-order valence-corrected chi connectivity index (χ2v) is 8.05. The number of hydrogen-bond acceptors (Lipinski definition) is 3. The van der Waals surface area contributed by atoms with Crippen LogP contribution < -0.4 is 4.90 Å². The van der Waals surface area contributed by atoms with Crippen molar-refractivity contribution in [3.8, 4) is 0 Å². The highest BCUT2D eigenvalue weighted by atomic mass is 19.1. The summed E-state index contributed by atoms with van der Waals surface area (Å²) in [7, 11) is 0. The number of benzene rings is 3.